The highest BCUT2D eigenvalue weighted by atomic mass is 16.3. The number of benzene rings is 3. The van der Waals surface area contributed by atoms with Crippen LogP contribution in [0.3, 0.4) is 0 Å². The molecule has 1 nitrogen and oxygen atoms in total. The average molecular weight is 290 g/mol. The molecule has 0 saturated carbocycles. The van der Waals surface area contributed by atoms with Crippen molar-refractivity contribution in [1.82, 2.24) is 0 Å². The van der Waals surface area contributed by atoms with E-state index in [4.69, 9.17) is 0 Å². The summed E-state index contributed by atoms with van der Waals surface area (Å²) in [4.78, 5) is 0. The third-order valence-corrected chi connectivity index (χ3v) is 4.55. The third kappa shape index (κ3) is 2.18. The van der Waals surface area contributed by atoms with E-state index in [2.05, 4.69) is 64.1 Å². The lowest BCUT2D eigenvalue weighted by Crippen LogP contribution is -1.93. The zero-order valence-corrected chi connectivity index (χ0v) is 13.9. The van der Waals surface area contributed by atoms with Crippen LogP contribution in [0.15, 0.2) is 36.4 Å². The Bertz CT molecular complexity index is 888. The number of aryl methyl sites for hydroxylation is 5. The summed E-state index contributed by atoms with van der Waals surface area (Å²) < 4.78 is 0. The summed E-state index contributed by atoms with van der Waals surface area (Å²) in [7, 11) is 0. The van der Waals surface area contributed by atoms with Gasteiger partial charge in [0.2, 0.25) is 0 Å². The van der Waals surface area contributed by atoms with Crippen LogP contribution < -0.4 is 0 Å². The highest BCUT2D eigenvalue weighted by Gasteiger charge is 2.15. The van der Waals surface area contributed by atoms with E-state index < -0.39 is 0 Å². The van der Waals surface area contributed by atoms with Crippen molar-refractivity contribution in [3.63, 3.8) is 0 Å². The van der Waals surface area contributed by atoms with Gasteiger partial charge in [0.05, 0.1) is 0 Å². The maximum Gasteiger partial charge on any atom is 0.126 e. The Labute approximate surface area is 132 Å². The molecule has 3 rings (SSSR count). The number of phenolic OH excluding ortho intramolecular Hbond substituents is 1. The maximum absolute atomic E-state index is 10.6. The monoisotopic (exact) mass is 290 g/mol. The molecule has 0 aliphatic rings. The topological polar surface area (TPSA) is 20.2 Å². The van der Waals surface area contributed by atoms with Gasteiger partial charge in [0.15, 0.2) is 0 Å². The van der Waals surface area contributed by atoms with Gasteiger partial charge in [-0.05, 0) is 79.5 Å². The van der Waals surface area contributed by atoms with Crippen LogP contribution in [0.1, 0.15) is 27.8 Å². The number of aromatic hydroxyl groups is 1. The normalized spacial score (nSPS) is 11.1. The summed E-state index contributed by atoms with van der Waals surface area (Å²) >= 11 is 0. The molecule has 1 N–H and O–H groups in total. The Morgan fingerprint density at radius 3 is 1.86 bits per heavy atom. The summed E-state index contributed by atoms with van der Waals surface area (Å²) in [5.74, 6) is 0.408. The Morgan fingerprint density at radius 2 is 1.18 bits per heavy atom. The lowest BCUT2D eigenvalue weighted by atomic mass is 9.88. The van der Waals surface area contributed by atoms with Crippen LogP contribution in [0.2, 0.25) is 0 Å². The van der Waals surface area contributed by atoms with Crippen molar-refractivity contribution in [3.05, 3.63) is 64.2 Å². The Balaban J connectivity index is 2.52. The Hall–Kier alpha value is -2.28. The lowest BCUT2D eigenvalue weighted by Gasteiger charge is -2.17. The fourth-order valence-electron chi connectivity index (χ4n) is 3.26. The van der Waals surface area contributed by atoms with E-state index in [1.807, 2.05) is 6.92 Å². The highest BCUT2D eigenvalue weighted by Crippen LogP contribution is 2.41. The molecule has 0 saturated heterocycles. The smallest absolute Gasteiger partial charge is 0.126 e. The fraction of sp³-hybridized carbons (Fsp3) is 0.238. The first-order valence-corrected chi connectivity index (χ1v) is 7.70. The van der Waals surface area contributed by atoms with Crippen LogP contribution in [0, 0.1) is 34.6 Å². The van der Waals surface area contributed by atoms with Gasteiger partial charge in [-0.2, -0.15) is 0 Å². The van der Waals surface area contributed by atoms with Crippen molar-refractivity contribution in [2.45, 2.75) is 34.6 Å². The zero-order valence-electron chi connectivity index (χ0n) is 13.9. The number of hydrogen-bond donors (Lipinski definition) is 1. The molecule has 0 fully saturated rings. The van der Waals surface area contributed by atoms with Crippen LogP contribution in [-0.4, -0.2) is 5.11 Å². The third-order valence-electron chi connectivity index (χ3n) is 4.55. The summed E-state index contributed by atoms with van der Waals surface area (Å²) in [5, 5.41) is 12.7. The molecule has 0 radical (unpaired) electrons. The second-order valence-corrected chi connectivity index (χ2v) is 6.36. The van der Waals surface area contributed by atoms with E-state index in [-0.39, 0.29) is 0 Å². The molecule has 0 aromatic heterocycles. The molecular weight excluding hydrogens is 268 g/mol. The van der Waals surface area contributed by atoms with E-state index in [1.165, 1.54) is 27.8 Å². The summed E-state index contributed by atoms with van der Waals surface area (Å²) in [5.41, 5.74) is 8.23. The van der Waals surface area contributed by atoms with Gasteiger partial charge >= 0.3 is 0 Å². The minimum Gasteiger partial charge on any atom is -0.507 e. The van der Waals surface area contributed by atoms with Crippen LogP contribution in [0.25, 0.3) is 21.9 Å². The van der Waals surface area contributed by atoms with Gasteiger partial charge in [-0.25, -0.2) is 0 Å². The largest absolute Gasteiger partial charge is 0.507 e. The van der Waals surface area contributed by atoms with Gasteiger partial charge in [-0.15, -0.1) is 0 Å². The summed E-state index contributed by atoms with van der Waals surface area (Å²) in [6, 6.07) is 12.9. The Kier molecular flexibility index (Phi) is 3.44. The van der Waals surface area contributed by atoms with Gasteiger partial charge in [0.25, 0.3) is 0 Å². The molecule has 0 amide bonds. The molecule has 22 heavy (non-hydrogen) atoms. The van der Waals surface area contributed by atoms with Crippen molar-refractivity contribution in [1.29, 1.82) is 0 Å². The van der Waals surface area contributed by atoms with Gasteiger partial charge < -0.3 is 5.11 Å². The van der Waals surface area contributed by atoms with Crippen LogP contribution >= 0.6 is 0 Å². The first-order valence-electron chi connectivity index (χ1n) is 7.70. The molecule has 112 valence electrons. The number of fused-ring (bicyclic) bond motifs is 1. The molecule has 0 aliphatic heterocycles. The first kappa shape index (κ1) is 14.6. The summed E-state index contributed by atoms with van der Waals surface area (Å²) in [6.07, 6.45) is 0. The predicted octanol–water partition coefficient (Wildman–Crippen LogP) is 5.75. The number of phenols is 1. The van der Waals surface area contributed by atoms with E-state index >= 15 is 0 Å². The van der Waals surface area contributed by atoms with E-state index in [0.29, 0.717) is 5.75 Å². The van der Waals surface area contributed by atoms with Crippen LogP contribution in [-0.2, 0) is 0 Å². The highest BCUT2D eigenvalue weighted by molar-refractivity contribution is 6.05. The average Bonchev–Trinajstić information content (AvgIpc) is 2.48. The second-order valence-electron chi connectivity index (χ2n) is 6.36. The standard InChI is InChI=1S/C21H22O/c1-12-6-7-13(2)17(10-12)18-11-16(5)21(22)20-15(4)9-8-14(3)19(18)20/h6-11,22H,1-5H3. The van der Waals surface area contributed by atoms with Crippen molar-refractivity contribution in [2.75, 3.05) is 0 Å². The van der Waals surface area contributed by atoms with Crippen LogP contribution in [0.5, 0.6) is 5.75 Å². The zero-order chi connectivity index (χ0) is 16.0. The number of hydrogen-bond acceptors (Lipinski definition) is 1. The molecule has 0 aliphatic carbocycles. The van der Waals surface area contributed by atoms with Gasteiger partial charge in [0.1, 0.15) is 5.75 Å². The van der Waals surface area contributed by atoms with E-state index in [1.54, 1.807) is 0 Å². The van der Waals surface area contributed by atoms with Crippen molar-refractivity contribution >= 4 is 10.8 Å². The lowest BCUT2D eigenvalue weighted by molar-refractivity contribution is 0.477. The van der Waals surface area contributed by atoms with Gasteiger partial charge in [-0.3, -0.25) is 0 Å². The molecule has 3 aromatic carbocycles. The molecular formula is C21H22O. The SMILES string of the molecule is Cc1ccc(C)c(-c2cc(C)c(O)c3c(C)ccc(C)c23)c1. The van der Waals surface area contributed by atoms with E-state index in [0.717, 1.165) is 21.9 Å². The quantitative estimate of drug-likeness (QED) is 0.604. The van der Waals surface area contributed by atoms with E-state index in [9.17, 15) is 5.11 Å². The molecule has 0 spiro atoms. The Morgan fingerprint density at radius 1 is 0.591 bits per heavy atom. The molecule has 3 aromatic rings. The number of rotatable bonds is 1. The first-order chi connectivity index (χ1) is 10.4. The van der Waals surface area contributed by atoms with Gasteiger partial charge in [0, 0.05) is 5.39 Å². The van der Waals surface area contributed by atoms with Crippen molar-refractivity contribution < 1.29 is 5.11 Å². The second kappa shape index (κ2) is 5.17. The van der Waals surface area contributed by atoms with Crippen molar-refractivity contribution in [3.8, 4) is 16.9 Å². The fourth-order valence-corrected chi connectivity index (χ4v) is 3.26. The summed E-state index contributed by atoms with van der Waals surface area (Å²) in [6.45, 7) is 10.4. The molecule has 0 bridgehead atoms. The van der Waals surface area contributed by atoms with Crippen molar-refractivity contribution in [2.24, 2.45) is 0 Å². The molecule has 1 heteroatoms. The minimum absolute atomic E-state index is 0.408. The maximum atomic E-state index is 10.6. The van der Waals surface area contributed by atoms with Crippen LogP contribution in [0.4, 0.5) is 0 Å². The molecule has 0 unspecified atom stereocenters. The molecule has 0 heterocycles. The van der Waals surface area contributed by atoms with Gasteiger partial charge in [-0.1, -0.05) is 35.9 Å². The minimum atomic E-state index is 0.408. The molecule has 0 atom stereocenters. The predicted molar refractivity (Wildman–Crippen MR) is 94.7 cm³/mol.